The Morgan fingerprint density at radius 3 is 2.38 bits per heavy atom. The zero-order valence-electron chi connectivity index (χ0n) is 13.1. The van der Waals surface area contributed by atoms with Gasteiger partial charge in [0.15, 0.2) is 0 Å². The van der Waals surface area contributed by atoms with Gasteiger partial charge in [0, 0.05) is 11.1 Å². The number of hydrogen-bond acceptors (Lipinski definition) is 2. The molecule has 0 fully saturated rings. The third-order valence-electron chi connectivity index (χ3n) is 3.59. The van der Waals surface area contributed by atoms with E-state index in [1.54, 1.807) is 12.1 Å². The van der Waals surface area contributed by atoms with Crippen molar-refractivity contribution in [1.82, 2.24) is 0 Å². The number of hydrogen-bond donors (Lipinski definition) is 2. The van der Waals surface area contributed by atoms with E-state index in [9.17, 15) is 8.42 Å². The van der Waals surface area contributed by atoms with Gasteiger partial charge in [-0.15, -0.1) is 4.40 Å². The molecular formula is C18H17N3O2S. The van der Waals surface area contributed by atoms with E-state index in [0.29, 0.717) is 5.69 Å². The number of nitrogens with zero attached hydrogens (tertiary/aromatic N) is 1. The molecule has 3 aromatic carbocycles. The van der Waals surface area contributed by atoms with Gasteiger partial charge in [-0.25, -0.2) is 0 Å². The fourth-order valence-electron chi connectivity index (χ4n) is 2.39. The average molecular weight is 339 g/mol. The molecule has 0 amide bonds. The largest absolute Gasteiger partial charge is 0.369 e. The number of aryl methyl sites for hydroxylation is 1. The number of rotatable bonds is 3. The number of fused-ring (bicyclic) bond motifs is 1. The summed E-state index contributed by atoms with van der Waals surface area (Å²) in [5.41, 5.74) is 7.48. The summed E-state index contributed by atoms with van der Waals surface area (Å²) in [5, 5.41) is 4.83. The summed E-state index contributed by atoms with van der Waals surface area (Å²) in [5.74, 6) is -0.174. The van der Waals surface area contributed by atoms with Gasteiger partial charge < -0.3 is 11.1 Å². The van der Waals surface area contributed by atoms with E-state index in [2.05, 4.69) is 9.71 Å². The Kier molecular flexibility index (Phi) is 4.22. The zero-order chi connectivity index (χ0) is 17.2. The summed E-state index contributed by atoms with van der Waals surface area (Å²) >= 11 is 0. The second-order valence-electron chi connectivity index (χ2n) is 5.42. The van der Waals surface area contributed by atoms with E-state index in [-0.39, 0.29) is 10.9 Å². The molecule has 0 aliphatic carbocycles. The van der Waals surface area contributed by atoms with E-state index in [1.807, 2.05) is 49.4 Å². The van der Waals surface area contributed by atoms with Crippen LogP contribution in [0.4, 0.5) is 5.69 Å². The maximum absolute atomic E-state index is 12.3. The van der Waals surface area contributed by atoms with Crippen LogP contribution in [0.15, 0.2) is 76.0 Å². The van der Waals surface area contributed by atoms with Gasteiger partial charge in [-0.05, 0) is 30.5 Å². The van der Waals surface area contributed by atoms with Crippen molar-refractivity contribution in [2.45, 2.75) is 11.8 Å². The van der Waals surface area contributed by atoms with Gasteiger partial charge in [0.25, 0.3) is 10.0 Å². The lowest BCUT2D eigenvalue weighted by atomic mass is 10.1. The molecule has 0 unspecified atom stereocenters. The van der Waals surface area contributed by atoms with Crippen LogP contribution in [0.3, 0.4) is 0 Å². The highest BCUT2D eigenvalue weighted by atomic mass is 32.2. The highest BCUT2D eigenvalue weighted by molar-refractivity contribution is 7.90. The SMILES string of the molecule is Cc1ccc(S(=O)(=O)/N=C(\N)Nc2cccc3ccccc23)cc1. The summed E-state index contributed by atoms with van der Waals surface area (Å²) in [4.78, 5) is 0.107. The van der Waals surface area contributed by atoms with Crippen LogP contribution in [0.2, 0.25) is 0 Å². The number of anilines is 1. The molecule has 0 saturated carbocycles. The van der Waals surface area contributed by atoms with Gasteiger partial charge in [-0.2, -0.15) is 8.42 Å². The first kappa shape index (κ1) is 16.0. The smallest absolute Gasteiger partial charge is 0.285 e. The van der Waals surface area contributed by atoms with Crippen LogP contribution in [0.1, 0.15) is 5.56 Å². The molecule has 0 spiro atoms. The normalized spacial score (nSPS) is 12.3. The first-order valence-corrected chi connectivity index (χ1v) is 8.82. The van der Waals surface area contributed by atoms with Crippen LogP contribution >= 0.6 is 0 Å². The summed E-state index contributed by atoms with van der Waals surface area (Å²) in [7, 11) is -3.85. The van der Waals surface area contributed by atoms with E-state index >= 15 is 0 Å². The van der Waals surface area contributed by atoms with Gasteiger partial charge in [0.1, 0.15) is 0 Å². The summed E-state index contributed by atoms with van der Waals surface area (Å²) in [6.45, 7) is 1.89. The molecule has 0 heterocycles. The minimum atomic E-state index is -3.85. The van der Waals surface area contributed by atoms with E-state index in [0.717, 1.165) is 16.3 Å². The Morgan fingerprint density at radius 2 is 1.62 bits per heavy atom. The second kappa shape index (κ2) is 6.33. The van der Waals surface area contributed by atoms with E-state index in [1.165, 1.54) is 12.1 Å². The third-order valence-corrected chi connectivity index (χ3v) is 4.89. The van der Waals surface area contributed by atoms with Gasteiger partial charge in [0.2, 0.25) is 5.96 Å². The molecule has 0 atom stereocenters. The Morgan fingerprint density at radius 1 is 0.958 bits per heavy atom. The fourth-order valence-corrected chi connectivity index (χ4v) is 3.28. The highest BCUT2D eigenvalue weighted by Crippen LogP contribution is 2.23. The van der Waals surface area contributed by atoms with Gasteiger partial charge in [0.05, 0.1) is 4.90 Å². The van der Waals surface area contributed by atoms with Crippen molar-refractivity contribution in [3.8, 4) is 0 Å². The van der Waals surface area contributed by atoms with Crippen molar-refractivity contribution in [3.63, 3.8) is 0 Å². The molecule has 3 aromatic rings. The first-order chi connectivity index (χ1) is 11.5. The molecule has 5 nitrogen and oxygen atoms in total. The third kappa shape index (κ3) is 3.38. The predicted octanol–water partition coefficient (Wildman–Crippen LogP) is 3.26. The van der Waals surface area contributed by atoms with Crippen LogP contribution in [-0.2, 0) is 10.0 Å². The number of sulfonamides is 1. The minimum Gasteiger partial charge on any atom is -0.369 e. The summed E-state index contributed by atoms with van der Waals surface area (Å²) < 4.78 is 28.3. The quantitative estimate of drug-likeness (QED) is 0.566. The van der Waals surface area contributed by atoms with Gasteiger partial charge in [-0.3, -0.25) is 0 Å². The fraction of sp³-hybridized carbons (Fsp3) is 0.0556. The molecule has 0 saturated heterocycles. The molecule has 3 rings (SSSR count). The maximum Gasteiger partial charge on any atom is 0.285 e. The average Bonchev–Trinajstić information content (AvgIpc) is 2.55. The molecular weight excluding hydrogens is 322 g/mol. The lowest BCUT2D eigenvalue weighted by molar-refractivity contribution is 0.598. The summed E-state index contributed by atoms with van der Waals surface area (Å²) in [6, 6.07) is 19.9. The Bertz CT molecular complexity index is 1000. The van der Waals surface area contributed by atoms with Crippen LogP contribution in [-0.4, -0.2) is 14.4 Å². The molecule has 0 aromatic heterocycles. The van der Waals surface area contributed by atoms with Crippen LogP contribution < -0.4 is 11.1 Å². The van der Waals surface area contributed by atoms with Crippen molar-refractivity contribution in [3.05, 3.63) is 72.3 Å². The molecule has 122 valence electrons. The molecule has 24 heavy (non-hydrogen) atoms. The number of guanidine groups is 1. The minimum absolute atomic E-state index is 0.107. The van der Waals surface area contributed by atoms with Crippen molar-refractivity contribution >= 4 is 32.4 Å². The monoisotopic (exact) mass is 339 g/mol. The highest BCUT2D eigenvalue weighted by Gasteiger charge is 2.13. The van der Waals surface area contributed by atoms with Crippen LogP contribution in [0, 0.1) is 6.92 Å². The molecule has 0 radical (unpaired) electrons. The van der Waals surface area contributed by atoms with Crippen LogP contribution in [0.5, 0.6) is 0 Å². The van der Waals surface area contributed by atoms with E-state index < -0.39 is 10.0 Å². The molecule has 0 aliphatic rings. The number of nitrogens with two attached hydrogens (primary N) is 1. The van der Waals surface area contributed by atoms with Gasteiger partial charge >= 0.3 is 0 Å². The van der Waals surface area contributed by atoms with Crippen molar-refractivity contribution < 1.29 is 8.42 Å². The Balaban J connectivity index is 1.92. The van der Waals surface area contributed by atoms with Crippen molar-refractivity contribution in [1.29, 1.82) is 0 Å². The molecule has 6 heteroatoms. The number of nitrogens with one attached hydrogen (secondary N) is 1. The van der Waals surface area contributed by atoms with Crippen LogP contribution in [0.25, 0.3) is 10.8 Å². The molecule has 0 bridgehead atoms. The van der Waals surface area contributed by atoms with Gasteiger partial charge in [-0.1, -0.05) is 54.1 Å². The lowest BCUT2D eigenvalue weighted by Crippen LogP contribution is -2.24. The topological polar surface area (TPSA) is 84.5 Å². The maximum atomic E-state index is 12.3. The van der Waals surface area contributed by atoms with E-state index in [4.69, 9.17) is 5.73 Å². The standard InChI is InChI=1S/C18H17N3O2S/c1-13-9-11-15(12-10-13)24(22,23)21-18(19)20-17-8-4-6-14-5-2-3-7-16(14)17/h2-12H,1H3,(H3,19,20,21). The Hall–Kier alpha value is -2.86. The molecule has 0 aliphatic heterocycles. The lowest BCUT2D eigenvalue weighted by Gasteiger charge is -2.09. The predicted molar refractivity (Wildman–Crippen MR) is 97.6 cm³/mol. The zero-order valence-corrected chi connectivity index (χ0v) is 13.9. The summed E-state index contributed by atoms with van der Waals surface area (Å²) in [6.07, 6.45) is 0. The molecule has 3 N–H and O–H groups in total. The number of benzene rings is 3. The first-order valence-electron chi connectivity index (χ1n) is 7.38. The van der Waals surface area contributed by atoms with Crippen molar-refractivity contribution in [2.24, 2.45) is 10.1 Å². The van der Waals surface area contributed by atoms with Crippen molar-refractivity contribution in [2.75, 3.05) is 5.32 Å². The second-order valence-corrected chi connectivity index (χ2v) is 7.02. The Labute approximate surface area is 140 Å².